The van der Waals surface area contributed by atoms with Crippen molar-refractivity contribution in [2.45, 2.75) is 37.8 Å². The SMILES string of the molecule is O=C(NC1COCC1n1nc2c(cc1=O)CCCC2)c1cnc2ccccc2n1. The Balaban J connectivity index is 1.39. The van der Waals surface area contributed by atoms with E-state index in [0.717, 1.165) is 42.5 Å². The van der Waals surface area contributed by atoms with E-state index in [-0.39, 0.29) is 29.2 Å². The summed E-state index contributed by atoms with van der Waals surface area (Å²) in [6.45, 7) is 0.655. The van der Waals surface area contributed by atoms with E-state index in [1.165, 1.54) is 10.9 Å². The third-order valence-corrected chi connectivity index (χ3v) is 5.59. The van der Waals surface area contributed by atoms with E-state index in [4.69, 9.17) is 4.74 Å². The molecule has 2 atom stereocenters. The number of rotatable bonds is 3. The first-order chi connectivity index (χ1) is 14.2. The molecule has 1 N–H and O–H groups in total. The lowest BCUT2D eigenvalue weighted by molar-refractivity contribution is 0.0919. The lowest BCUT2D eigenvalue weighted by atomic mass is 9.97. The monoisotopic (exact) mass is 391 g/mol. The molecular formula is C21H21N5O3. The Hall–Kier alpha value is -3.13. The van der Waals surface area contributed by atoms with E-state index < -0.39 is 0 Å². The highest BCUT2D eigenvalue weighted by atomic mass is 16.5. The van der Waals surface area contributed by atoms with Gasteiger partial charge in [-0.05, 0) is 43.4 Å². The van der Waals surface area contributed by atoms with Crippen molar-refractivity contribution in [2.75, 3.05) is 13.2 Å². The largest absolute Gasteiger partial charge is 0.377 e. The number of carbonyl (C=O) groups is 1. The minimum Gasteiger partial charge on any atom is -0.377 e. The summed E-state index contributed by atoms with van der Waals surface area (Å²) in [6.07, 6.45) is 5.43. The molecule has 1 aromatic carbocycles. The molecule has 29 heavy (non-hydrogen) atoms. The van der Waals surface area contributed by atoms with Gasteiger partial charge in [0.2, 0.25) is 0 Å². The molecule has 1 aliphatic heterocycles. The van der Waals surface area contributed by atoms with Gasteiger partial charge in [-0.25, -0.2) is 9.67 Å². The van der Waals surface area contributed by atoms with Crippen LogP contribution in [0.15, 0.2) is 41.3 Å². The number of nitrogens with one attached hydrogen (secondary N) is 1. The van der Waals surface area contributed by atoms with Crippen molar-refractivity contribution in [1.29, 1.82) is 0 Å². The summed E-state index contributed by atoms with van der Waals surface area (Å²) in [5, 5.41) is 7.56. The van der Waals surface area contributed by atoms with Crippen LogP contribution in [0.1, 0.15) is 40.6 Å². The molecule has 148 valence electrons. The molecular weight excluding hydrogens is 370 g/mol. The average Bonchev–Trinajstić information content (AvgIpc) is 3.20. The summed E-state index contributed by atoms with van der Waals surface area (Å²) < 4.78 is 7.06. The number of hydrogen-bond donors (Lipinski definition) is 1. The third-order valence-electron chi connectivity index (χ3n) is 5.59. The Morgan fingerprint density at radius 1 is 1.14 bits per heavy atom. The highest BCUT2D eigenvalue weighted by Gasteiger charge is 2.33. The van der Waals surface area contributed by atoms with Crippen molar-refractivity contribution in [2.24, 2.45) is 0 Å². The molecule has 1 amide bonds. The van der Waals surface area contributed by atoms with Gasteiger partial charge in [-0.2, -0.15) is 5.10 Å². The lowest BCUT2D eigenvalue weighted by Gasteiger charge is -2.22. The van der Waals surface area contributed by atoms with Gasteiger partial charge >= 0.3 is 0 Å². The Morgan fingerprint density at radius 3 is 2.86 bits per heavy atom. The molecule has 0 spiro atoms. The molecule has 2 aliphatic rings. The van der Waals surface area contributed by atoms with Crippen molar-refractivity contribution >= 4 is 16.9 Å². The second kappa shape index (κ2) is 7.36. The lowest BCUT2D eigenvalue weighted by Crippen LogP contribution is -2.44. The number of fused-ring (bicyclic) bond motifs is 2. The molecule has 8 nitrogen and oxygen atoms in total. The zero-order valence-electron chi connectivity index (χ0n) is 15.9. The second-order valence-corrected chi connectivity index (χ2v) is 7.53. The number of para-hydroxylation sites is 2. The van der Waals surface area contributed by atoms with Crippen LogP contribution in [-0.4, -0.2) is 44.9 Å². The van der Waals surface area contributed by atoms with Crippen LogP contribution in [-0.2, 0) is 17.6 Å². The molecule has 1 fully saturated rings. The quantitative estimate of drug-likeness (QED) is 0.725. The first-order valence-electron chi connectivity index (χ1n) is 9.91. The average molecular weight is 391 g/mol. The predicted octanol–water partition coefficient (Wildman–Crippen LogP) is 1.44. The van der Waals surface area contributed by atoms with E-state index in [9.17, 15) is 9.59 Å². The normalized spacial score (nSPS) is 21.1. The molecule has 0 saturated carbocycles. The number of hydrogen-bond acceptors (Lipinski definition) is 6. The van der Waals surface area contributed by atoms with E-state index in [2.05, 4.69) is 20.4 Å². The van der Waals surface area contributed by atoms with Crippen LogP contribution in [0.4, 0.5) is 0 Å². The number of ether oxygens (including phenoxy) is 1. The molecule has 1 aliphatic carbocycles. The fourth-order valence-electron chi connectivity index (χ4n) is 4.05. The van der Waals surface area contributed by atoms with Gasteiger partial charge in [0.05, 0.1) is 42.2 Å². The summed E-state index contributed by atoms with van der Waals surface area (Å²) in [5.74, 6) is -0.338. The highest BCUT2D eigenvalue weighted by molar-refractivity contribution is 5.94. The number of benzene rings is 1. The topological polar surface area (TPSA) is 99.0 Å². The van der Waals surface area contributed by atoms with E-state index >= 15 is 0 Å². The minimum absolute atomic E-state index is 0.147. The van der Waals surface area contributed by atoms with Crippen molar-refractivity contribution < 1.29 is 9.53 Å². The van der Waals surface area contributed by atoms with Gasteiger partial charge in [-0.3, -0.25) is 14.6 Å². The minimum atomic E-state index is -0.359. The molecule has 2 aromatic heterocycles. The molecule has 1 saturated heterocycles. The second-order valence-electron chi connectivity index (χ2n) is 7.53. The summed E-state index contributed by atoms with van der Waals surface area (Å²) in [4.78, 5) is 34.1. The summed E-state index contributed by atoms with van der Waals surface area (Å²) >= 11 is 0. The van der Waals surface area contributed by atoms with Gasteiger partial charge in [-0.15, -0.1) is 0 Å². The van der Waals surface area contributed by atoms with Gasteiger partial charge in [0.15, 0.2) is 0 Å². The zero-order chi connectivity index (χ0) is 19.8. The maximum absolute atomic E-state index is 12.8. The van der Waals surface area contributed by atoms with Crippen LogP contribution >= 0.6 is 0 Å². The molecule has 0 bridgehead atoms. The molecule has 3 heterocycles. The van der Waals surface area contributed by atoms with Crippen LogP contribution < -0.4 is 10.9 Å². The summed E-state index contributed by atoms with van der Waals surface area (Å²) in [5.41, 5.74) is 3.51. The van der Waals surface area contributed by atoms with Gasteiger partial charge < -0.3 is 10.1 Å². The first-order valence-corrected chi connectivity index (χ1v) is 9.91. The fraction of sp³-hybridized carbons (Fsp3) is 0.381. The Labute approximate surface area is 166 Å². The van der Waals surface area contributed by atoms with Crippen molar-refractivity contribution in [3.05, 3.63) is 63.8 Å². The van der Waals surface area contributed by atoms with Crippen molar-refractivity contribution in [1.82, 2.24) is 25.1 Å². The Morgan fingerprint density at radius 2 is 1.97 bits per heavy atom. The van der Waals surface area contributed by atoms with Crippen LogP contribution in [0.25, 0.3) is 11.0 Å². The maximum Gasteiger partial charge on any atom is 0.271 e. The van der Waals surface area contributed by atoms with Gasteiger partial charge in [0.25, 0.3) is 11.5 Å². The summed E-state index contributed by atoms with van der Waals surface area (Å²) in [6, 6.07) is 8.38. The van der Waals surface area contributed by atoms with Crippen LogP contribution in [0, 0.1) is 0 Å². The van der Waals surface area contributed by atoms with Crippen LogP contribution in [0.5, 0.6) is 0 Å². The van der Waals surface area contributed by atoms with Crippen molar-refractivity contribution in [3.8, 4) is 0 Å². The highest BCUT2D eigenvalue weighted by Crippen LogP contribution is 2.21. The number of nitrogens with zero attached hydrogens (tertiary/aromatic N) is 4. The van der Waals surface area contributed by atoms with Gasteiger partial charge in [0.1, 0.15) is 11.7 Å². The Bertz CT molecular complexity index is 1140. The van der Waals surface area contributed by atoms with Gasteiger partial charge in [0, 0.05) is 6.07 Å². The van der Waals surface area contributed by atoms with Crippen molar-refractivity contribution in [3.63, 3.8) is 0 Å². The zero-order valence-corrected chi connectivity index (χ0v) is 15.9. The van der Waals surface area contributed by atoms with Crippen LogP contribution in [0.3, 0.4) is 0 Å². The fourth-order valence-corrected chi connectivity index (χ4v) is 4.05. The smallest absolute Gasteiger partial charge is 0.271 e. The van der Waals surface area contributed by atoms with E-state index in [0.29, 0.717) is 18.7 Å². The van der Waals surface area contributed by atoms with Crippen LogP contribution in [0.2, 0.25) is 0 Å². The predicted molar refractivity (Wildman–Crippen MR) is 106 cm³/mol. The van der Waals surface area contributed by atoms with E-state index in [1.54, 1.807) is 6.07 Å². The first kappa shape index (κ1) is 17.9. The number of amides is 1. The number of aromatic nitrogens is 4. The molecule has 8 heteroatoms. The summed E-state index contributed by atoms with van der Waals surface area (Å²) in [7, 11) is 0. The van der Waals surface area contributed by atoms with E-state index in [1.807, 2.05) is 24.3 Å². The number of aryl methyl sites for hydroxylation is 2. The Kier molecular flexibility index (Phi) is 4.55. The standard InChI is InChI=1S/C21H21N5O3/c27-20-9-13-5-1-2-6-14(13)25-26(20)19-12-29-11-18(19)24-21(28)17-10-22-15-7-3-4-8-16(15)23-17/h3-4,7-10,18-19H,1-2,5-6,11-12H2,(H,24,28). The molecule has 2 unspecified atom stereocenters. The third kappa shape index (κ3) is 3.40. The number of carbonyl (C=O) groups excluding carboxylic acids is 1. The maximum atomic E-state index is 12.8. The van der Waals surface area contributed by atoms with Gasteiger partial charge in [-0.1, -0.05) is 12.1 Å². The molecule has 5 rings (SSSR count). The molecule has 0 radical (unpaired) electrons. The molecule has 3 aromatic rings.